The first kappa shape index (κ1) is 60.5. The Morgan fingerprint density at radius 3 is 0.956 bits per heavy atom. The molecule has 0 saturated heterocycles. The van der Waals surface area contributed by atoms with Gasteiger partial charge in [-0.3, -0.25) is 0 Å². The van der Waals surface area contributed by atoms with E-state index < -0.39 is 5.97 Å². The van der Waals surface area contributed by atoms with Crippen molar-refractivity contribution in [2.75, 3.05) is 69.7 Å². The zero-order valence-corrected chi connectivity index (χ0v) is 30.8. The monoisotopic (exact) mass is 668 g/mol. The summed E-state index contributed by atoms with van der Waals surface area (Å²) in [5, 5.41) is 8.21. The lowest BCUT2D eigenvalue weighted by atomic mass is 10.2. The molecule has 45 heavy (non-hydrogen) atoms. The van der Waals surface area contributed by atoms with Gasteiger partial charge in [0.2, 0.25) is 0 Å². The minimum absolute atomic E-state index is 0. The van der Waals surface area contributed by atoms with E-state index >= 15 is 0 Å². The number of halogens is 1. The number of methoxy groups -OCH3 is 2. The fourth-order valence-electron chi connectivity index (χ4n) is 1.16. The van der Waals surface area contributed by atoms with Gasteiger partial charge in [0, 0.05) is 28.9 Å². The van der Waals surface area contributed by atoms with E-state index in [1.165, 1.54) is 14.2 Å². The minimum atomic E-state index is -0.883. The highest BCUT2D eigenvalue weighted by molar-refractivity contribution is 5.87. The Morgan fingerprint density at radius 1 is 0.667 bits per heavy atom. The van der Waals surface area contributed by atoms with Gasteiger partial charge in [0.25, 0.3) is 0 Å². The van der Waals surface area contributed by atoms with Crippen molar-refractivity contribution in [1.29, 1.82) is 0 Å². The minimum Gasteiger partial charge on any atom is -0.478 e. The highest BCUT2D eigenvalue weighted by Gasteiger charge is 1.99. The normalized spacial score (nSPS) is 7.89. The van der Waals surface area contributed by atoms with Crippen molar-refractivity contribution < 1.29 is 48.0 Å². The molecule has 266 valence electrons. The second kappa shape index (κ2) is 47.2. The molecule has 0 radical (unpaired) electrons. The quantitative estimate of drug-likeness (QED) is 0.197. The van der Waals surface area contributed by atoms with Gasteiger partial charge in [0.05, 0.1) is 27.4 Å². The Labute approximate surface area is 278 Å². The van der Waals surface area contributed by atoms with Crippen molar-refractivity contribution in [2.24, 2.45) is 0 Å². The van der Waals surface area contributed by atoms with Gasteiger partial charge in [0.15, 0.2) is 0 Å². The van der Waals surface area contributed by atoms with E-state index in [4.69, 9.17) is 5.11 Å². The Hall–Kier alpha value is -3.74. The van der Waals surface area contributed by atoms with Crippen LogP contribution in [0.25, 0.3) is 0 Å². The van der Waals surface area contributed by atoms with Crippen LogP contribution in [-0.4, -0.2) is 114 Å². The summed E-state index contributed by atoms with van der Waals surface area (Å²) in [6, 6.07) is 0. The van der Waals surface area contributed by atoms with Crippen LogP contribution in [0, 0.1) is 0 Å². The van der Waals surface area contributed by atoms with Crippen LogP contribution < -0.4 is 0 Å². The third-order valence-electron chi connectivity index (χ3n) is 2.83. The molecule has 0 heterocycles. The smallest absolute Gasteiger partial charge is 0.332 e. The molecule has 0 bridgehead atoms. The molecule has 13 heteroatoms. The standard InChI is InChI=1S/C6H10O2.4C5H8O2.2C3H9N.ClH/c1-3-4-5(2)6(7)8;2*1-4(2)5(6)7-3;2*1-3-5(6)7-4-2;2*1-4(2)3;/h2-4H2,1H3,(H,7,8);2*1H2,2-3H3;2*3H,1,4H2,2H3;2*1-3H3;1H. The predicted molar refractivity (Wildman–Crippen MR) is 185 cm³/mol. The lowest BCUT2D eigenvalue weighted by Crippen LogP contribution is -1.99. The van der Waals surface area contributed by atoms with E-state index in [1.54, 1.807) is 27.7 Å². The zero-order chi connectivity index (χ0) is 36.8. The lowest BCUT2D eigenvalue weighted by molar-refractivity contribution is -0.138. The topological polar surface area (TPSA) is 149 Å². The van der Waals surface area contributed by atoms with Gasteiger partial charge in [-0.25, -0.2) is 24.0 Å². The van der Waals surface area contributed by atoms with Crippen LogP contribution >= 0.6 is 12.4 Å². The van der Waals surface area contributed by atoms with Crippen molar-refractivity contribution in [3.63, 3.8) is 0 Å². The maximum absolute atomic E-state index is 10.2. The summed E-state index contributed by atoms with van der Waals surface area (Å²) >= 11 is 0. The highest BCUT2D eigenvalue weighted by Crippen LogP contribution is 1.99. The van der Waals surface area contributed by atoms with E-state index in [2.05, 4.69) is 51.8 Å². The van der Waals surface area contributed by atoms with Crippen LogP contribution in [0.15, 0.2) is 61.8 Å². The Morgan fingerprint density at radius 2 is 0.911 bits per heavy atom. The van der Waals surface area contributed by atoms with Crippen molar-refractivity contribution in [3.8, 4) is 0 Å². The number of aliphatic carboxylic acids is 1. The zero-order valence-electron chi connectivity index (χ0n) is 29.9. The van der Waals surface area contributed by atoms with Gasteiger partial charge in [-0.1, -0.05) is 46.2 Å². The summed E-state index contributed by atoms with van der Waals surface area (Å²) in [5.74, 6) is -2.29. The number of hydrogen-bond acceptors (Lipinski definition) is 11. The van der Waals surface area contributed by atoms with Crippen LogP contribution in [0.4, 0.5) is 0 Å². The molecule has 0 aliphatic heterocycles. The number of nitrogens with zero attached hydrogens (tertiary/aromatic N) is 2. The molecular formula is C32H61ClN2O10. The molecule has 0 aliphatic rings. The van der Waals surface area contributed by atoms with Crippen LogP contribution in [0.5, 0.6) is 0 Å². The lowest BCUT2D eigenvalue weighted by Gasteiger charge is -1.92. The van der Waals surface area contributed by atoms with Crippen molar-refractivity contribution in [3.05, 3.63) is 61.8 Å². The number of carboxylic acids is 1. The highest BCUT2D eigenvalue weighted by atomic mass is 35.5. The number of carboxylic acid groups (broad SMARTS) is 1. The summed E-state index contributed by atoms with van der Waals surface area (Å²) in [4.78, 5) is 54.5. The molecule has 0 aromatic rings. The molecule has 0 saturated carbocycles. The number of esters is 4. The average molecular weight is 669 g/mol. The van der Waals surface area contributed by atoms with Gasteiger partial charge >= 0.3 is 29.8 Å². The Bertz CT molecular complexity index is 776. The van der Waals surface area contributed by atoms with Gasteiger partial charge in [-0.15, -0.1) is 12.4 Å². The second-order valence-corrected chi connectivity index (χ2v) is 8.80. The number of carbonyl (C=O) groups excluding carboxylic acids is 4. The first-order chi connectivity index (χ1) is 20.1. The van der Waals surface area contributed by atoms with E-state index in [0.717, 1.165) is 18.6 Å². The number of hydrogen-bond donors (Lipinski definition) is 1. The number of ether oxygens (including phenoxy) is 4. The van der Waals surface area contributed by atoms with E-state index in [-0.39, 0.29) is 36.3 Å². The van der Waals surface area contributed by atoms with Crippen LogP contribution in [0.2, 0.25) is 0 Å². The van der Waals surface area contributed by atoms with Crippen molar-refractivity contribution in [1.82, 2.24) is 9.80 Å². The third-order valence-corrected chi connectivity index (χ3v) is 2.83. The Balaban J connectivity index is -0.0000000596. The van der Waals surface area contributed by atoms with E-state index in [9.17, 15) is 24.0 Å². The fourth-order valence-corrected chi connectivity index (χ4v) is 1.16. The second-order valence-electron chi connectivity index (χ2n) is 8.80. The molecule has 0 rings (SSSR count). The molecule has 0 unspecified atom stereocenters. The number of carbonyl (C=O) groups is 5. The van der Waals surface area contributed by atoms with Crippen LogP contribution in [0.1, 0.15) is 47.5 Å². The summed E-state index contributed by atoms with van der Waals surface area (Å²) in [6.45, 7) is 25.9. The fraction of sp³-hybridized carbons (Fsp3) is 0.531. The Kier molecular flexibility index (Phi) is 63.4. The number of rotatable bonds is 9. The molecule has 0 atom stereocenters. The van der Waals surface area contributed by atoms with E-state index in [0.29, 0.717) is 36.4 Å². The van der Waals surface area contributed by atoms with Crippen LogP contribution in [0.3, 0.4) is 0 Å². The van der Waals surface area contributed by atoms with Crippen LogP contribution in [-0.2, 0) is 42.9 Å². The van der Waals surface area contributed by atoms with Crippen molar-refractivity contribution >= 4 is 42.3 Å². The summed E-state index contributed by atoms with van der Waals surface area (Å²) in [7, 11) is 14.7. The molecule has 0 aromatic carbocycles. The summed E-state index contributed by atoms with van der Waals surface area (Å²) in [5.41, 5.74) is 1.16. The van der Waals surface area contributed by atoms with E-state index in [1.807, 2.05) is 59.0 Å². The molecular weight excluding hydrogens is 608 g/mol. The maximum Gasteiger partial charge on any atom is 0.332 e. The molecule has 0 aromatic heterocycles. The maximum atomic E-state index is 10.2. The average Bonchev–Trinajstić information content (AvgIpc) is 2.93. The van der Waals surface area contributed by atoms with Gasteiger partial charge < -0.3 is 33.9 Å². The molecule has 1 N–H and O–H groups in total. The first-order valence-corrected chi connectivity index (χ1v) is 13.3. The van der Waals surface area contributed by atoms with Crippen molar-refractivity contribution in [2.45, 2.75) is 47.5 Å². The molecule has 0 spiro atoms. The first-order valence-electron chi connectivity index (χ1n) is 13.3. The molecule has 0 aliphatic carbocycles. The summed E-state index contributed by atoms with van der Waals surface area (Å²) in [6.07, 6.45) is 3.73. The largest absolute Gasteiger partial charge is 0.478 e. The molecule has 12 nitrogen and oxygen atoms in total. The third kappa shape index (κ3) is 92.4. The SMILES string of the molecule is C=C(C)C(=O)OC.C=C(C)C(=O)OC.C=C(CCC)C(=O)O.C=CC(=O)OCC.C=CC(=O)OCC.CN(C)C.CN(C)C.Cl. The van der Waals surface area contributed by atoms with Gasteiger partial charge in [0.1, 0.15) is 0 Å². The predicted octanol–water partition coefficient (Wildman–Crippen LogP) is 5.15. The molecule has 0 amide bonds. The summed E-state index contributed by atoms with van der Waals surface area (Å²) < 4.78 is 17.4. The molecule has 0 fully saturated rings. The van der Waals surface area contributed by atoms with Gasteiger partial charge in [-0.05, 0) is 76.4 Å². The van der Waals surface area contributed by atoms with Gasteiger partial charge in [-0.2, -0.15) is 0 Å².